The minimum absolute atomic E-state index is 0. The van der Waals surface area contributed by atoms with Crippen molar-refractivity contribution in [1.29, 1.82) is 0 Å². The Kier molecular flexibility index (Phi) is 32.4. The number of hydrogen-bond donors (Lipinski definition) is 0. The molecule has 0 aromatic heterocycles. The molecule has 4 aliphatic rings. The summed E-state index contributed by atoms with van der Waals surface area (Å²) in [5, 5.41) is 4.54. The summed E-state index contributed by atoms with van der Waals surface area (Å²) in [4.78, 5) is 0. The van der Waals surface area contributed by atoms with Gasteiger partial charge in [-0.15, -0.1) is 25.7 Å². The Hall–Kier alpha value is 1.71. The Bertz CT molecular complexity index is 957. The number of hydrogen-bond acceptors (Lipinski definition) is 0. The molecule has 0 spiro atoms. The number of halogens is 4. The normalized spacial score (nSPS) is 16.9. The van der Waals surface area contributed by atoms with Crippen molar-refractivity contribution in [2.24, 2.45) is 0 Å². The van der Waals surface area contributed by atoms with Crippen LogP contribution in [-0.4, -0.2) is 30.9 Å². The summed E-state index contributed by atoms with van der Waals surface area (Å²) in [5.74, 6) is 0. The van der Waals surface area contributed by atoms with E-state index in [1.54, 1.807) is 0 Å². The second kappa shape index (κ2) is 27.4. The minimum atomic E-state index is -1.57. The quantitative estimate of drug-likeness (QED) is 0.129. The first kappa shape index (κ1) is 54.5. The maximum absolute atomic E-state index is 6.75. The average Bonchev–Trinajstić information content (AvgIpc) is 3.75. The third-order valence-electron chi connectivity index (χ3n) is 8.50. The second-order valence-corrected chi connectivity index (χ2v) is 37.7. The Labute approximate surface area is 349 Å². The molecule has 2 unspecified atom stereocenters. The monoisotopic (exact) mass is 922 g/mol. The largest absolute Gasteiger partial charge is 2.00 e. The SMILES string of the molecule is CCCC([Si](C)(C)Cl)[Si](C)(C)C1=[C-]CC=C1.CCCC([Si](C)(C)Cl)[Si](C)(C)C1=[C-]CC=C1.[C-]1=CC=CC1.[C-]1=CC=CC1.[Cl-].[Cl-].[Zr+2].[Zr+2]. The van der Waals surface area contributed by atoms with E-state index >= 15 is 0 Å². The van der Waals surface area contributed by atoms with Crippen LogP contribution in [-0.2, 0) is 52.4 Å². The maximum Gasteiger partial charge on any atom is 2.00 e. The molecule has 0 aliphatic heterocycles. The van der Waals surface area contributed by atoms with Crippen LogP contribution < -0.4 is 24.8 Å². The molecule has 4 aliphatic carbocycles. The Balaban J connectivity index is -0.000000275. The summed E-state index contributed by atoms with van der Waals surface area (Å²) in [7, 11) is -5.96. The van der Waals surface area contributed by atoms with Crippen LogP contribution >= 0.6 is 22.2 Å². The first-order valence-corrected chi connectivity index (χ1v) is 30.3. The molecule has 0 saturated heterocycles. The van der Waals surface area contributed by atoms with E-state index in [4.69, 9.17) is 22.2 Å². The molecule has 0 aromatic carbocycles. The van der Waals surface area contributed by atoms with Gasteiger partial charge in [-0.25, -0.2) is 46.8 Å². The summed E-state index contributed by atoms with van der Waals surface area (Å²) in [6.45, 7) is 23.7. The molecule has 0 nitrogen and oxygen atoms in total. The van der Waals surface area contributed by atoms with E-state index in [-0.39, 0.29) is 77.2 Å². The molecule has 2 atom stereocenters. The van der Waals surface area contributed by atoms with Crippen LogP contribution in [0.15, 0.2) is 71.2 Å². The molecule has 0 heterocycles. The van der Waals surface area contributed by atoms with Crippen molar-refractivity contribution >= 4 is 53.1 Å². The first-order chi connectivity index (χ1) is 19.6. The van der Waals surface area contributed by atoms with Crippen molar-refractivity contribution in [2.45, 2.75) is 128 Å². The third kappa shape index (κ3) is 19.9. The van der Waals surface area contributed by atoms with Gasteiger partial charge in [0.05, 0.1) is 0 Å². The van der Waals surface area contributed by atoms with Crippen LogP contribution in [0.25, 0.3) is 0 Å². The van der Waals surface area contributed by atoms with Gasteiger partial charge in [-0.3, -0.25) is 24.3 Å². The van der Waals surface area contributed by atoms with Crippen LogP contribution in [0, 0.1) is 24.3 Å². The van der Waals surface area contributed by atoms with Crippen LogP contribution in [0.4, 0.5) is 0 Å². The van der Waals surface area contributed by atoms with Crippen molar-refractivity contribution in [3.8, 4) is 0 Å². The molecule has 0 saturated carbocycles. The maximum atomic E-state index is 6.75. The molecule has 0 N–H and O–H groups in total. The van der Waals surface area contributed by atoms with Gasteiger partial charge < -0.3 is 24.8 Å². The fourth-order valence-electron chi connectivity index (χ4n) is 6.45. The fraction of sp³-hybridized carbons (Fsp3) is 0.556. The van der Waals surface area contributed by atoms with Gasteiger partial charge in [0.25, 0.3) is 0 Å². The predicted molar refractivity (Wildman–Crippen MR) is 203 cm³/mol. The van der Waals surface area contributed by atoms with Crippen molar-refractivity contribution in [3.63, 3.8) is 0 Å². The van der Waals surface area contributed by atoms with Gasteiger partial charge in [0.15, 0.2) is 14.8 Å². The first-order valence-electron chi connectivity index (χ1n) is 16.0. The van der Waals surface area contributed by atoms with Gasteiger partial charge in [0.1, 0.15) is 0 Å². The standard InChI is InChI=1S/2C13H24ClSi2.2C5H5.2ClH.2Zr/c2*1-6-9-13(16(4,5)14)15(2,3)12-10-7-8-11-12;2*1-2-4-5-3-1;;;;/h2*7,10,13H,6,8-9H2,1-5H3;2*1-3H,4H2;2*1H;;/q4*-1;;;2*+2/p-2. The van der Waals surface area contributed by atoms with Crippen molar-refractivity contribution in [1.82, 2.24) is 0 Å². The number of allylic oxidation sites excluding steroid dienone is 16. The van der Waals surface area contributed by atoms with Crippen LogP contribution in [0.3, 0.4) is 0 Å². The Morgan fingerprint density at radius 1 is 0.587 bits per heavy atom. The molecular formula is C36H58Cl4Si4Zr2-2. The van der Waals surface area contributed by atoms with Crippen LogP contribution in [0.1, 0.15) is 65.2 Å². The molecule has 256 valence electrons. The fourth-order valence-corrected chi connectivity index (χ4v) is 33.6. The molecular weight excluding hydrogens is 869 g/mol. The zero-order valence-corrected chi connectivity index (χ0v) is 42.0. The zero-order chi connectivity index (χ0) is 31.9. The van der Waals surface area contributed by atoms with E-state index in [2.05, 4.69) is 127 Å². The molecule has 0 aromatic rings. The van der Waals surface area contributed by atoms with Crippen molar-refractivity contribution < 1.29 is 77.2 Å². The molecule has 4 rings (SSSR count). The van der Waals surface area contributed by atoms with E-state index in [9.17, 15) is 0 Å². The predicted octanol–water partition coefficient (Wildman–Crippen LogP) is 6.77. The van der Waals surface area contributed by atoms with E-state index in [0.717, 1.165) is 36.0 Å². The Morgan fingerprint density at radius 2 is 0.913 bits per heavy atom. The van der Waals surface area contributed by atoms with Gasteiger partial charge in [-0.1, -0.05) is 91.9 Å². The van der Waals surface area contributed by atoms with Gasteiger partial charge in [0.2, 0.25) is 0 Å². The van der Waals surface area contributed by atoms with Gasteiger partial charge >= 0.3 is 52.4 Å². The molecule has 10 heteroatoms. The van der Waals surface area contributed by atoms with Gasteiger partial charge in [0, 0.05) is 16.1 Å². The molecule has 0 bridgehead atoms. The molecule has 46 heavy (non-hydrogen) atoms. The molecule has 0 radical (unpaired) electrons. The van der Waals surface area contributed by atoms with Crippen molar-refractivity contribution in [3.05, 3.63) is 95.5 Å². The van der Waals surface area contributed by atoms with Crippen LogP contribution in [0.5, 0.6) is 0 Å². The third-order valence-corrected chi connectivity index (χ3v) is 31.3. The van der Waals surface area contributed by atoms with E-state index in [1.807, 2.05) is 24.3 Å². The van der Waals surface area contributed by atoms with E-state index < -0.39 is 30.9 Å². The van der Waals surface area contributed by atoms with Crippen molar-refractivity contribution in [2.75, 3.05) is 0 Å². The average molecular weight is 927 g/mol. The van der Waals surface area contributed by atoms with Crippen LogP contribution in [0.2, 0.25) is 62.7 Å². The minimum Gasteiger partial charge on any atom is -1.00 e. The zero-order valence-electron chi connectivity index (χ0n) is 30.1. The van der Waals surface area contributed by atoms with E-state index in [1.165, 1.54) is 36.1 Å². The molecule has 0 fully saturated rings. The number of rotatable bonds is 10. The van der Waals surface area contributed by atoms with Gasteiger partial charge in [-0.2, -0.15) is 46.5 Å². The Morgan fingerprint density at radius 3 is 1.07 bits per heavy atom. The summed E-state index contributed by atoms with van der Waals surface area (Å²) in [6, 6.07) is 0. The second-order valence-electron chi connectivity index (χ2n) is 13.7. The topological polar surface area (TPSA) is 0 Å². The van der Waals surface area contributed by atoms with Gasteiger partial charge in [-0.05, 0) is 10.3 Å². The van der Waals surface area contributed by atoms with E-state index in [0.29, 0.717) is 0 Å². The summed E-state index contributed by atoms with van der Waals surface area (Å²) in [6.07, 6.45) is 43.2. The summed E-state index contributed by atoms with van der Waals surface area (Å²) < 4.78 is 0. The summed E-state index contributed by atoms with van der Waals surface area (Å²) >= 11 is 13.5. The summed E-state index contributed by atoms with van der Waals surface area (Å²) in [5.41, 5.74) is 0. The smallest absolute Gasteiger partial charge is 1.00 e. The molecule has 0 amide bonds.